The molecule has 0 aliphatic carbocycles. The van der Waals surface area contributed by atoms with Crippen molar-refractivity contribution in [3.8, 4) is 5.75 Å². The Balaban J connectivity index is 2.07. The van der Waals surface area contributed by atoms with E-state index >= 15 is 0 Å². The summed E-state index contributed by atoms with van der Waals surface area (Å²) in [5.74, 6) is -0.0671. The lowest BCUT2D eigenvalue weighted by Crippen LogP contribution is -2.34. The topological polar surface area (TPSA) is 79.5 Å². The molecule has 0 unspecified atom stereocenters. The van der Waals surface area contributed by atoms with Crippen LogP contribution in [0.2, 0.25) is 0 Å². The maximum Gasteiger partial charge on any atom is 0.261 e. The molecule has 0 saturated heterocycles. The predicted molar refractivity (Wildman–Crippen MR) is 102 cm³/mol. The number of thiocarbonyl (C=S) groups is 1. The van der Waals surface area contributed by atoms with E-state index in [1.54, 1.807) is 30.3 Å². The molecule has 2 aromatic carbocycles. The third-order valence-electron chi connectivity index (χ3n) is 3.38. The van der Waals surface area contributed by atoms with Crippen LogP contribution in [-0.4, -0.2) is 24.0 Å². The van der Waals surface area contributed by atoms with Gasteiger partial charge in [-0.05, 0) is 49.0 Å². The van der Waals surface area contributed by atoms with Crippen molar-refractivity contribution >= 4 is 40.5 Å². The first-order valence-corrected chi connectivity index (χ1v) is 7.95. The summed E-state index contributed by atoms with van der Waals surface area (Å²) in [5.41, 5.74) is 2.64. The van der Waals surface area contributed by atoms with E-state index in [0.29, 0.717) is 22.7 Å². The average molecular weight is 357 g/mol. The summed E-state index contributed by atoms with van der Waals surface area (Å²) in [5, 5.41) is 8.43. The smallest absolute Gasteiger partial charge is 0.261 e. The van der Waals surface area contributed by atoms with Crippen LogP contribution in [0.1, 0.15) is 22.8 Å². The Bertz CT molecular complexity index is 821. The lowest BCUT2D eigenvalue weighted by Gasteiger charge is -2.13. The van der Waals surface area contributed by atoms with Crippen molar-refractivity contribution in [1.82, 2.24) is 5.32 Å². The minimum absolute atomic E-state index is 0.147. The highest BCUT2D eigenvalue weighted by atomic mass is 32.1. The van der Waals surface area contributed by atoms with Crippen molar-refractivity contribution < 1.29 is 14.3 Å². The van der Waals surface area contributed by atoms with Crippen LogP contribution >= 0.6 is 12.2 Å². The monoisotopic (exact) mass is 357 g/mol. The number of benzene rings is 2. The van der Waals surface area contributed by atoms with Gasteiger partial charge in [-0.15, -0.1) is 0 Å². The van der Waals surface area contributed by atoms with Crippen molar-refractivity contribution in [2.75, 3.05) is 17.7 Å². The number of carbonyl (C=O) groups excluding carboxylic acids is 2. The van der Waals surface area contributed by atoms with Crippen molar-refractivity contribution in [1.29, 1.82) is 0 Å². The van der Waals surface area contributed by atoms with Gasteiger partial charge < -0.3 is 15.4 Å². The van der Waals surface area contributed by atoms with Gasteiger partial charge in [-0.25, -0.2) is 0 Å². The summed E-state index contributed by atoms with van der Waals surface area (Å²) < 4.78 is 5.17. The number of hydrogen-bond acceptors (Lipinski definition) is 4. The Labute approximate surface area is 151 Å². The highest BCUT2D eigenvalue weighted by Crippen LogP contribution is 2.20. The van der Waals surface area contributed by atoms with Crippen LogP contribution in [0.15, 0.2) is 42.5 Å². The second-order valence-corrected chi connectivity index (χ2v) is 5.73. The fourth-order valence-corrected chi connectivity index (χ4v) is 2.40. The molecule has 0 saturated carbocycles. The number of anilines is 2. The number of aryl methyl sites for hydroxylation is 1. The minimum Gasteiger partial charge on any atom is -0.496 e. The molecule has 25 heavy (non-hydrogen) atoms. The van der Waals surface area contributed by atoms with Crippen LogP contribution in [0.5, 0.6) is 5.75 Å². The molecule has 0 aliphatic rings. The Kier molecular flexibility index (Phi) is 6.08. The molecule has 0 atom stereocenters. The second-order valence-electron chi connectivity index (χ2n) is 5.32. The molecule has 0 radical (unpaired) electrons. The zero-order valence-electron chi connectivity index (χ0n) is 14.2. The Morgan fingerprint density at radius 3 is 2.48 bits per heavy atom. The molecular weight excluding hydrogens is 338 g/mol. The number of rotatable bonds is 4. The van der Waals surface area contributed by atoms with Crippen molar-refractivity contribution in [3.05, 3.63) is 53.6 Å². The van der Waals surface area contributed by atoms with Crippen LogP contribution in [0.3, 0.4) is 0 Å². The van der Waals surface area contributed by atoms with Gasteiger partial charge in [-0.3, -0.25) is 14.9 Å². The van der Waals surface area contributed by atoms with Crippen LogP contribution in [0.4, 0.5) is 11.4 Å². The maximum atomic E-state index is 12.3. The summed E-state index contributed by atoms with van der Waals surface area (Å²) in [6.45, 7) is 3.33. The number of methoxy groups -OCH3 is 1. The molecule has 130 valence electrons. The lowest BCUT2D eigenvalue weighted by molar-refractivity contribution is -0.114. The van der Waals surface area contributed by atoms with E-state index < -0.39 is 0 Å². The largest absolute Gasteiger partial charge is 0.496 e. The van der Waals surface area contributed by atoms with Crippen molar-refractivity contribution in [2.45, 2.75) is 13.8 Å². The van der Waals surface area contributed by atoms with Gasteiger partial charge in [-0.1, -0.05) is 18.2 Å². The number of hydrogen-bond donors (Lipinski definition) is 3. The summed E-state index contributed by atoms with van der Waals surface area (Å²) >= 11 is 5.18. The number of carbonyl (C=O) groups is 2. The standard InChI is InChI=1S/C18H19N3O3S/c1-11-8-9-13(10-15(11)19-12(2)22)20-18(25)21-17(23)14-6-4-5-7-16(14)24-3/h4-10H,1-3H3,(H,19,22)(H2,20,21,23,25). The molecule has 2 aromatic rings. The zero-order chi connectivity index (χ0) is 18.4. The van der Waals surface area contributed by atoms with Crippen LogP contribution in [0, 0.1) is 6.92 Å². The zero-order valence-corrected chi connectivity index (χ0v) is 15.0. The number of para-hydroxylation sites is 1. The molecule has 7 heteroatoms. The first kappa shape index (κ1) is 18.4. The highest BCUT2D eigenvalue weighted by molar-refractivity contribution is 7.80. The van der Waals surface area contributed by atoms with E-state index in [1.165, 1.54) is 14.0 Å². The van der Waals surface area contributed by atoms with Crippen LogP contribution in [-0.2, 0) is 4.79 Å². The van der Waals surface area contributed by atoms with E-state index in [4.69, 9.17) is 17.0 Å². The van der Waals surface area contributed by atoms with E-state index in [1.807, 2.05) is 19.1 Å². The number of amides is 2. The predicted octanol–water partition coefficient (Wildman–Crippen LogP) is 3.09. The number of ether oxygens (including phenoxy) is 1. The summed E-state index contributed by atoms with van der Waals surface area (Å²) in [6, 6.07) is 12.3. The van der Waals surface area contributed by atoms with Crippen LogP contribution < -0.4 is 20.7 Å². The minimum atomic E-state index is -0.371. The Morgan fingerprint density at radius 1 is 1.08 bits per heavy atom. The fourth-order valence-electron chi connectivity index (χ4n) is 2.19. The van der Waals surface area contributed by atoms with Crippen molar-refractivity contribution in [2.24, 2.45) is 0 Å². The molecule has 0 spiro atoms. The van der Waals surface area contributed by atoms with Gasteiger partial charge in [0.15, 0.2) is 5.11 Å². The second kappa shape index (κ2) is 8.25. The van der Waals surface area contributed by atoms with Gasteiger partial charge in [0.1, 0.15) is 5.75 Å². The molecular formula is C18H19N3O3S. The molecule has 3 N–H and O–H groups in total. The third kappa shape index (κ3) is 5.02. The highest BCUT2D eigenvalue weighted by Gasteiger charge is 2.13. The Morgan fingerprint density at radius 2 is 1.80 bits per heavy atom. The van der Waals surface area contributed by atoms with E-state index in [2.05, 4.69) is 16.0 Å². The van der Waals surface area contributed by atoms with Gasteiger partial charge in [0.2, 0.25) is 5.91 Å². The van der Waals surface area contributed by atoms with Crippen LogP contribution in [0.25, 0.3) is 0 Å². The van der Waals surface area contributed by atoms with Gasteiger partial charge in [0.25, 0.3) is 5.91 Å². The molecule has 2 rings (SSSR count). The first-order valence-electron chi connectivity index (χ1n) is 7.54. The Hall–Kier alpha value is -2.93. The summed E-state index contributed by atoms with van der Waals surface area (Å²) in [4.78, 5) is 23.6. The van der Waals surface area contributed by atoms with Gasteiger partial charge in [0.05, 0.1) is 12.7 Å². The average Bonchev–Trinajstić information content (AvgIpc) is 2.57. The normalized spacial score (nSPS) is 9.88. The summed E-state index contributed by atoms with van der Waals surface area (Å²) in [6.07, 6.45) is 0. The number of nitrogens with one attached hydrogen (secondary N) is 3. The van der Waals surface area contributed by atoms with Gasteiger partial charge in [-0.2, -0.15) is 0 Å². The quantitative estimate of drug-likeness (QED) is 0.733. The molecule has 0 aliphatic heterocycles. The third-order valence-corrected chi connectivity index (χ3v) is 3.59. The van der Waals surface area contributed by atoms with Gasteiger partial charge >= 0.3 is 0 Å². The molecule has 2 amide bonds. The van der Waals surface area contributed by atoms with E-state index in [0.717, 1.165) is 5.56 Å². The molecule has 0 fully saturated rings. The molecule has 0 bridgehead atoms. The van der Waals surface area contributed by atoms with E-state index in [-0.39, 0.29) is 16.9 Å². The molecule has 0 heterocycles. The molecule has 6 nitrogen and oxygen atoms in total. The molecule has 0 aromatic heterocycles. The fraction of sp³-hybridized carbons (Fsp3) is 0.167. The maximum absolute atomic E-state index is 12.3. The van der Waals surface area contributed by atoms with E-state index in [9.17, 15) is 9.59 Å². The first-order chi connectivity index (χ1) is 11.9. The lowest BCUT2D eigenvalue weighted by atomic mass is 10.1. The van der Waals surface area contributed by atoms with Crippen molar-refractivity contribution in [3.63, 3.8) is 0 Å². The van der Waals surface area contributed by atoms with Gasteiger partial charge in [0, 0.05) is 18.3 Å². The summed E-state index contributed by atoms with van der Waals surface area (Å²) in [7, 11) is 1.50. The SMILES string of the molecule is COc1ccccc1C(=O)NC(=S)Nc1ccc(C)c(NC(C)=O)c1.